The Kier molecular flexibility index (Phi) is 5.24. The highest BCUT2D eigenvalue weighted by Gasteiger charge is 2.24. The van der Waals surface area contributed by atoms with Crippen molar-refractivity contribution in [1.29, 1.82) is 0 Å². The lowest BCUT2D eigenvalue weighted by Crippen LogP contribution is -2.42. The van der Waals surface area contributed by atoms with Crippen LogP contribution in [0.25, 0.3) is 0 Å². The summed E-state index contributed by atoms with van der Waals surface area (Å²) < 4.78 is 0. The molecule has 0 aliphatic carbocycles. The molecule has 0 fully saturated rings. The van der Waals surface area contributed by atoms with Gasteiger partial charge in [0.2, 0.25) is 0 Å². The maximum absolute atomic E-state index is 9.73. The third-order valence-corrected chi connectivity index (χ3v) is 4.31. The Balaban J connectivity index is 2.06. The maximum atomic E-state index is 9.73. The number of hydrogen-bond donors (Lipinski definition) is 2. The summed E-state index contributed by atoms with van der Waals surface area (Å²) in [5.41, 5.74) is 1.90. The molecule has 0 saturated heterocycles. The van der Waals surface area contributed by atoms with Gasteiger partial charge >= 0.3 is 0 Å². The second-order valence-electron chi connectivity index (χ2n) is 5.06. The first kappa shape index (κ1) is 15.1. The van der Waals surface area contributed by atoms with Crippen molar-refractivity contribution in [2.24, 2.45) is 0 Å². The second-order valence-corrected chi connectivity index (χ2v) is 5.94. The molecule has 0 aliphatic heterocycles. The minimum absolute atomic E-state index is 0.0694. The molecule has 0 spiro atoms. The number of rotatable bonds is 6. The van der Waals surface area contributed by atoms with Crippen LogP contribution in [0.5, 0.6) is 0 Å². The number of aliphatic hydroxyl groups is 1. The van der Waals surface area contributed by atoms with Gasteiger partial charge in [-0.05, 0) is 36.4 Å². The Labute approximate surface area is 125 Å². The molecular weight excluding hydrogens is 266 g/mol. The number of benzene rings is 2. The van der Waals surface area contributed by atoms with Crippen LogP contribution >= 0.6 is 11.8 Å². The molecule has 0 heterocycles. The summed E-state index contributed by atoms with van der Waals surface area (Å²) in [6, 6.07) is 18.6. The summed E-state index contributed by atoms with van der Waals surface area (Å²) in [7, 11) is 0. The lowest BCUT2D eigenvalue weighted by Gasteiger charge is -2.29. The summed E-state index contributed by atoms with van der Waals surface area (Å²) in [4.78, 5) is 1.27. The van der Waals surface area contributed by atoms with Crippen molar-refractivity contribution >= 4 is 11.8 Å². The summed E-state index contributed by atoms with van der Waals surface area (Å²) in [6.45, 7) is 2.83. The van der Waals surface area contributed by atoms with E-state index in [-0.39, 0.29) is 6.61 Å². The molecule has 1 atom stereocenters. The molecule has 2 aromatic rings. The molecule has 2 aromatic carbocycles. The van der Waals surface area contributed by atoms with E-state index < -0.39 is 5.54 Å². The fraction of sp³-hybridized carbons (Fsp3) is 0.294. The first-order valence-corrected chi connectivity index (χ1v) is 7.95. The van der Waals surface area contributed by atoms with Crippen molar-refractivity contribution in [2.75, 3.05) is 12.9 Å². The van der Waals surface area contributed by atoms with Gasteiger partial charge in [-0.15, -0.1) is 11.8 Å². The highest BCUT2D eigenvalue weighted by molar-refractivity contribution is 7.98. The minimum Gasteiger partial charge on any atom is -0.394 e. The molecule has 0 bridgehead atoms. The smallest absolute Gasteiger partial charge is 0.0652 e. The van der Waals surface area contributed by atoms with Gasteiger partial charge in [0, 0.05) is 11.4 Å². The normalized spacial score (nSPS) is 13.9. The van der Waals surface area contributed by atoms with Crippen LogP contribution in [0.1, 0.15) is 18.1 Å². The van der Waals surface area contributed by atoms with Gasteiger partial charge < -0.3 is 10.4 Å². The zero-order valence-corrected chi connectivity index (χ0v) is 12.8. The van der Waals surface area contributed by atoms with Crippen molar-refractivity contribution in [1.82, 2.24) is 5.32 Å². The Morgan fingerprint density at radius 3 is 2.25 bits per heavy atom. The molecule has 1 unspecified atom stereocenters. The molecule has 20 heavy (non-hydrogen) atoms. The van der Waals surface area contributed by atoms with E-state index in [4.69, 9.17) is 0 Å². The highest BCUT2D eigenvalue weighted by Crippen LogP contribution is 2.21. The molecule has 2 nitrogen and oxygen atoms in total. The van der Waals surface area contributed by atoms with Gasteiger partial charge in [0.05, 0.1) is 12.1 Å². The summed E-state index contributed by atoms with van der Waals surface area (Å²) in [5, 5.41) is 13.2. The zero-order chi connectivity index (χ0) is 14.4. The average Bonchev–Trinajstić information content (AvgIpc) is 2.54. The van der Waals surface area contributed by atoms with E-state index in [0.717, 1.165) is 12.1 Å². The van der Waals surface area contributed by atoms with Gasteiger partial charge in [0.15, 0.2) is 0 Å². The molecular formula is C17H21NOS. The summed E-state index contributed by atoms with van der Waals surface area (Å²) >= 11 is 1.74. The maximum Gasteiger partial charge on any atom is 0.0652 e. The van der Waals surface area contributed by atoms with E-state index in [9.17, 15) is 5.11 Å². The Morgan fingerprint density at radius 2 is 1.70 bits per heavy atom. The van der Waals surface area contributed by atoms with Gasteiger partial charge in [-0.1, -0.05) is 42.5 Å². The van der Waals surface area contributed by atoms with Crippen LogP contribution in [0.15, 0.2) is 59.5 Å². The van der Waals surface area contributed by atoms with Gasteiger partial charge in [-0.25, -0.2) is 0 Å². The molecule has 0 radical (unpaired) electrons. The van der Waals surface area contributed by atoms with Crippen molar-refractivity contribution in [2.45, 2.75) is 23.9 Å². The van der Waals surface area contributed by atoms with E-state index in [1.54, 1.807) is 11.8 Å². The topological polar surface area (TPSA) is 32.3 Å². The first-order chi connectivity index (χ1) is 9.68. The molecule has 106 valence electrons. The average molecular weight is 287 g/mol. The number of nitrogens with one attached hydrogen (secondary N) is 1. The van der Waals surface area contributed by atoms with Gasteiger partial charge in [0.1, 0.15) is 0 Å². The predicted molar refractivity (Wildman–Crippen MR) is 85.9 cm³/mol. The minimum atomic E-state index is -0.417. The summed E-state index contributed by atoms with van der Waals surface area (Å²) in [6.07, 6.45) is 2.07. The largest absolute Gasteiger partial charge is 0.394 e. The standard InChI is InChI=1S/C17H21NOS/c1-17(13-19,15-6-4-3-5-7-15)18-12-14-8-10-16(20-2)11-9-14/h3-11,18-19H,12-13H2,1-2H3. The number of aliphatic hydroxyl groups excluding tert-OH is 1. The third kappa shape index (κ3) is 3.63. The van der Waals surface area contributed by atoms with Crippen LogP contribution in [-0.2, 0) is 12.1 Å². The predicted octanol–water partition coefficient (Wildman–Crippen LogP) is 3.41. The zero-order valence-electron chi connectivity index (χ0n) is 12.0. The van der Waals surface area contributed by atoms with Gasteiger partial charge in [-0.3, -0.25) is 0 Å². The van der Waals surface area contributed by atoms with E-state index in [2.05, 4.69) is 35.8 Å². The molecule has 0 amide bonds. The molecule has 2 N–H and O–H groups in total. The fourth-order valence-electron chi connectivity index (χ4n) is 2.10. The van der Waals surface area contributed by atoms with Gasteiger partial charge in [0.25, 0.3) is 0 Å². The van der Waals surface area contributed by atoms with Crippen LogP contribution in [0.4, 0.5) is 0 Å². The van der Waals surface area contributed by atoms with E-state index in [1.165, 1.54) is 10.5 Å². The molecule has 0 aromatic heterocycles. The van der Waals surface area contributed by atoms with E-state index in [1.807, 2.05) is 37.3 Å². The van der Waals surface area contributed by atoms with Crippen LogP contribution in [0.2, 0.25) is 0 Å². The Hall–Kier alpha value is -1.29. The first-order valence-electron chi connectivity index (χ1n) is 6.72. The monoisotopic (exact) mass is 287 g/mol. The SMILES string of the molecule is CSc1ccc(CNC(C)(CO)c2ccccc2)cc1. The lowest BCUT2D eigenvalue weighted by atomic mass is 9.92. The Bertz CT molecular complexity index is 526. The van der Waals surface area contributed by atoms with E-state index >= 15 is 0 Å². The van der Waals surface area contributed by atoms with Crippen LogP contribution in [0, 0.1) is 0 Å². The van der Waals surface area contributed by atoms with Crippen molar-refractivity contribution in [3.8, 4) is 0 Å². The number of thioether (sulfide) groups is 1. The van der Waals surface area contributed by atoms with Crippen molar-refractivity contribution < 1.29 is 5.11 Å². The summed E-state index contributed by atoms with van der Waals surface area (Å²) in [5.74, 6) is 0. The molecule has 0 saturated carbocycles. The van der Waals surface area contributed by atoms with Crippen molar-refractivity contribution in [3.63, 3.8) is 0 Å². The fourth-order valence-corrected chi connectivity index (χ4v) is 2.50. The highest BCUT2D eigenvalue weighted by atomic mass is 32.2. The second kappa shape index (κ2) is 6.93. The quantitative estimate of drug-likeness (QED) is 0.799. The Morgan fingerprint density at radius 1 is 1.05 bits per heavy atom. The third-order valence-electron chi connectivity index (χ3n) is 3.57. The molecule has 2 rings (SSSR count). The van der Waals surface area contributed by atoms with Crippen LogP contribution < -0.4 is 5.32 Å². The number of hydrogen-bond acceptors (Lipinski definition) is 3. The van der Waals surface area contributed by atoms with Crippen LogP contribution in [-0.4, -0.2) is 18.0 Å². The van der Waals surface area contributed by atoms with Crippen molar-refractivity contribution in [3.05, 3.63) is 65.7 Å². The van der Waals surface area contributed by atoms with Crippen LogP contribution in [0.3, 0.4) is 0 Å². The molecule has 3 heteroatoms. The molecule has 0 aliphatic rings. The van der Waals surface area contributed by atoms with E-state index in [0.29, 0.717) is 0 Å². The lowest BCUT2D eigenvalue weighted by molar-refractivity contribution is 0.173. The van der Waals surface area contributed by atoms with Gasteiger partial charge in [-0.2, -0.15) is 0 Å².